The smallest absolute Gasteiger partial charge is 0.319 e. The lowest BCUT2D eigenvalue weighted by molar-refractivity contribution is -0.146. The van der Waals surface area contributed by atoms with Crippen molar-refractivity contribution in [3.63, 3.8) is 0 Å². The van der Waals surface area contributed by atoms with Gasteiger partial charge in [-0.2, -0.15) is 0 Å². The van der Waals surface area contributed by atoms with Crippen molar-refractivity contribution in [3.05, 3.63) is 0 Å². The van der Waals surface area contributed by atoms with Gasteiger partial charge in [-0.15, -0.1) is 11.8 Å². The highest BCUT2D eigenvalue weighted by Gasteiger charge is 2.20. The van der Waals surface area contributed by atoms with Crippen molar-refractivity contribution in [1.82, 2.24) is 0 Å². The van der Waals surface area contributed by atoms with Crippen molar-refractivity contribution in [2.24, 2.45) is 0 Å². The van der Waals surface area contributed by atoms with Crippen LogP contribution in [-0.4, -0.2) is 29.8 Å². The van der Waals surface area contributed by atoms with Crippen LogP contribution in [0.15, 0.2) is 0 Å². The minimum absolute atomic E-state index is 0.0573. The van der Waals surface area contributed by atoms with Crippen molar-refractivity contribution in [3.8, 4) is 0 Å². The van der Waals surface area contributed by atoms with Crippen molar-refractivity contribution >= 4 is 17.7 Å². The topological polar surface area (TPSA) is 26.3 Å². The highest BCUT2D eigenvalue weighted by Crippen LogP contribution is 2.21. The van der Waals surface area contributed by atoms with Crippen LogP contribution < -0.4 is 0 Å². The fourth-order valence-electron chi connectivity index (χ4n) is 1.39. The van der Waals surface area contributed by atoms with Crippen molar-refractivity contribution < 1.29 is 13.9 Å². The zero-order valence-electron chi connectivity index (χ0n) is 11.2. The Morgan fingerprint density at radius 3 is 2.53 bits per heavy atom. The van der Waals surface area contributed by atoms with Gasteiger partial charge < -0.3 is 4.74 Å². The van der Waals surface area contributed by atoms with Gasteiger partial charge in [-0.25, -0.2) is 0 Å². The molecule has 0 amide bonds. The fraction of sp³-hybridized carbons (Fsp3) is 0.923. The summed E-state index contributed by atoms with van der Waals surface area (Å²) in [6.07, 6.45) is 4.34. The SMILES string of the molecule is CCCCC(SCCCCF)C(=O)OC(C)C. The van der Waals surface area contributed by atoms with Crippen molar-refractivity contribution in [2.75, 3.05) is 12.4 Å². The molecule has 0 spiro atoms. The predicted octanol–water partition coefficient (Wildman–Crippen LogP) is 3.98. The van der Waals surface area contributed by atoms with Gasteiger partial charge in [0.2, 0.25) is 0 Å². The summed E-state index contributed by atoms with van der Waals surface area (Å²) in [6.45, 7) is 5.57. The molecule has 2 nitrogen and oxygen atoms in total. The molecule has 0 aliphatic rings. The lowest BCUT2D eigenvalue weighted by Gasteiger charge is -2.17. The molecular weight excluding hydrogens is 239 g/mol. The van der Waals surface area contributed by atoms with E-state index < -0.39 is 0 Å². The van der Waals surface area contributed by atoms with Gasteiger partial charge in [0.15, 0.2) is 0 Å². The average Bonchev–Trinajstić information content (AvgIpc) is 2.27. The Morgan fingerprint density at radius 2 is 2.00 bits per heavy atom. The van der Waals surface area contributed by atoms with E-state index in [4.69, 9.17) is 4.74 Å². The van der Waals surface area contributed by atoms with Crippen LogP contribution in [0.4, 0.5) is 4.39 Å². The third-order valence-electron chi connectivity index (χ3n) is 2.28. The molecule has 0 aliphatic carbocycles. The lowest BCUT2D eigenvalue weighted by atomic mass is 10.2. The average molecular weight is 264 g/mol. The normalized spacial score (nSPS) is 12.8. The highest BCUT2D eigenvalue weighted by molar-refractivity contribution is 8.00. The maximum atomic E-state index is 11.9. The summed E-state index contributed by atoms with van der Waals surface area (Å²) in [4.78, 5) is 11.8. The first kappa shape index (κ1) is 16.8. The van der Waals surface area contributed by atoms with Crippen LogP contribution in [0.5, 0.6) is 0 Å². The first-order valence-electron chi connectivity index (χ1n) is 6.49. The van der Waals surface area contributed by atoms with E-state index in [-0.39, 0.29) is 24.0 Å². The molecule has 0 aromatic rings. The number of unbranched alkanes of at least 4 members (excludes halogenated alkanes) is 2. The zero-order valence-corrected chi connectivity index (χ0v) is 12.0. The Balaban J connectivity index is 3.98. The summed E-state index contributed by atoms with van der Waals surface area (Å²) in [5, 5.41) is -0.0723. The molecule has 102 valence electrons. The van der Waals surface area contributed by atoms with Gasteiger partial charge in [0.05, 0.1) is 12.8 Å². The second-order valence-corrected chi connectivity index (χ2v) is 5.69. The van der Waals surface area contributed by atoms with Crippen LogP contribution in [0.25, 0.3) is 0 Å². The molecule has 0 aromatic heterocycles. The molecule has 17 heavy (non-hydrogen) atoms. The quantitative estimate of drug-likeness (QED) is 0.441. The summed E-state index contributed by atoms with van der Waals surface area (Å²) in [5.74, 6) is 0.726. The van der Waals surface area contributed by atoms with E-state index in [1.54, 1.807) is 11.8 Å². The van der Waals surface area contributed by atoms with Gasteiger partial charge in [-0.05, 0) is 38.9 Å². The van der Waals surface area contributed by atoms with E-state index in [2.05, 4.69) is 6.92 Å². The van der Waals surface area contributed by atoms with E-state index in [1.165, 1.54) is 0 Å². The number of thioether (sulfide) groups is 1. The third kappa shape index (κ3) is 9.45. The summed E-state index contributed by atoms with van der Waals surface area (Å²) >= 11 is 1.61. The monoisotopic (exact) mass is 264 g/mol. The Labute approximate surface area is 109 Å². The number of halogens is 1. The van der Waals surface area contributed by atoms with Gasteiger partial charge in [0.25, 0.3) is 0 Å². The van der Waals surface area contributed by atoms with Crippen molar-refractivity contribution in [1.29, 1.82) is 0 Å². The highest BCUT2D eigenvalue weighted by atomic mass is 32.2. The molecule has 1 unspecified atom stereocenters. The van der Waals surface area contributed by atoms with Crippen LogP contribution >= 0.6 is 11.8 Å². The van der Waals surface area contributed by atoms with E-state index in [0.29, 0.717) is 6.42 Å². The number of hydrogen-bond acceptors (Lipinski definition) is 3. The number of ether oxygens (including phenoxy) is 1. The first-order valence-corrected chi connectivity index (χ1v) is 7.54. The molecule has 0 rings (SSSR count). The summed E-state index contributed by atoms with van der Waals surface area (Å²) in [7, 11) is 0. The molecular formula is C13H25FO2S. The molecule has 0 aliphatic heterocycles. The molecule has 0 saturated heterocycles. The molecule has 4 heteroatoms. The Kier molecular flexibility index (Phi) is 10.7. The maximum absolute atomic E-state index is 11.9. The summed E-state index contributed by atoms with van der Waals surface area (Å²) in [5.41, 5.74) is 0. The van der Waals surface area contributed by atoms with Crippen LogP contribution in [0.1, 0.15) is 52.9 Å². The van der Waals surface area contributed by atoms with Crippen LogP contribution in [0, 0.1) is 0 Å². The van der Waals surface area contributed by atoms with Gasteiger partial charge in [-0.3, -0.25) is 9.18 Å². The number of esters is 1. The Bertz CT molecular complexity index is 198. The van der Waals surface area contributed by atoms with Gasteiger partial charge in [0, 0.05) is 0 Å². The molecule has 0 saturated carbocycles. The minimum Gasteiger partial charge on any atom is -0.462 e. The standard InChI is InChI=1S/C13H25FO2S/c1-4-5-8-12(13(15)16-11(2)3)17-10-7-6-9-14/h11-12H,4-10H2,1-3H3. The number of carbonyl (C=O) groups is 1. The van der Waals surface area contributed by atoms with Gasteiger partial charge in [0.1, 0.15) is 5.25 Å². The molecule has 0 aromatic carbocycles. The van der Waals surface area contributed by atoms with E-state index in [1.807, 2.05) is 13.8 Å². The number of rotatable bonds is 10. The van der Waals surface area contributed by atoms with Gasteiger partial charge in [-0.1, -0.05) is 19.8 Å². The molecule has 0 bridgehead atoms. The molecule has 1 atom stereocenters. The minimum atomic E-state index is -0.267. The molecule has 0 heterocycles. The summed E-state index contributed by atoms with van der Waals surface area (Å²) < 4.78 is 17.2. The van der Waals surface area contributed by atoms with E-state index in [0.717, 1.165) is 31.4 Å². The maximum Gasteiger partial charge on any atom is 0.319 e. The van der Waals surface area contributed by atoms with Crippen LogP contribution in [0.3, 0.4) is 0 Å². The van der Waals surface area contributed by atoms with Gasteiger partial charge >= 0.3 is 5.97 Å². The number of alkyl halides is 1. The first-order chi connectivity index (χ1) is 8.11. The van der Waals surface area contributed by atoms with E-state index in [9.17, 15) is 9.18 Å². The largest absolute Gasteiger partial charge is 0.462 e. The summed E-state index contributed by atoms with van der Waals surface area (Å²) in [6, 6.07) is 0. The van der Waals surface area contributed by atoms with Crippen LogP contribution in [-0.2, 0) is 9.53 Å². The van der Waals surface area contributed by atoms with Crippen molar-refractivity contribution in [2.45, 2.75) is 64.2 Å². The molecule has 0 N–H and O–H groups in total. The van der Waals surface area contributed by atoms with Crippen LogP contribution in [0.2, 0.25) is 0 Å². The number of carbonyl (C=O) groups excluding carboxylic acids is 1. The number of hydrogen-bond donors (Lipinski definition) is 0. The molecule has 0 radical (unpaired) electrons. The lowest BCUT2D eigenvalue weighted by Crippen LogP contribution is -2.23. The Hall–Kier alpha value is -0.250. The Morgan fingerprint density at radius 1 is 1.29 bits per heavy atom. The zero-order chi connectivity index (χ0) is 13.1. The third-order valence-corrected chi connectivity index (χ3v) is 3.64. The van der Waals surface area contributed by atoms with E-state index >= 15 is 0 Å². The second-order valence-electron chi connectivity index (χ2n) is 4.38. The fourth-order valence-corrected chi connectivity index (χ4v) is 2.57. The molecule has 0 fully saturated rings. The predicted molar refractivity (Wildman–Crippen MR) is 72.2 cm³/mol. The second kappa shape index (κ2) is 10.9.